The molecule has 1 aliphatic carbocycles. The van der Waals surface area contributed by atoms with Crippen LogP contribution in [0.15, 0.2) is 30.3 Å². The number of anilines is 1. The van der Waals surface area contributed by atoms with Crippen LogP contribution in [0.3, 0.4) is 0 Å². The molecule has 0 spiro atoms. The lowest BCUT2D eigenvalue weighted by Gasteiger charge is -2.07. The van der Waals surface area contributed by atoms with Gasteiger partial charge in [-0.3, -0.25) is 0 Å². The van der Waals surface area contributed by atoms with Crippen LogP contribution < -0.4 is 10.5 Å². The highest BCUT2D eigenvalue weighted by molar-refractivity contribution is 5.62. The van der Waals surface area contributed by atoms with Gasteiger partial charge in [0.25, 0.3) is 0 Å². The maximum atomic E-state index is 5.80. The van der Waals surface area contributed by atoms with Crippen molar-refractivity contribution in [2.45, 2.75) is 32.3 Å². The van der Waals surface area contributed by atoms with Crippen LogP contribution in [0.2, 0.25) is 0 Å². The summed E-state index contributed by atoms with van der Waals surface area (Å²) >= 11 is 0. The Hall–Kier alpha value is -2.10. The van der Waals surface area contributed by atoms with Crippen molar-refractivity contribution in [3.63, 3.8) is 0 Å². The fraction of sp³-hybridized carbons (Fsp3) is 0.333. The number of nitrogen functional groups attached to an aromatic ring is 1. The maximum absolute atomic E-state index is 5.80. The lowest BCUT2D eigenvalue weighted by molar-refractivity contribution is 0.303. The molecule has 0 radical (unpaired) electrons. The number of hydrogen-bond acceptors (Lipinski definition) is 4. The minimum Gasteiger partial charge on any atom is -0.490 e. The molecule has 0 amide bonds. The second-order valence-electron chi connectivity index (χ2n) is 4.79. The van der Waals surface area contributed by atoms with Crippen molar-refractivity contribution in [3.8, 4) is 17.0 Å². The number of aryl methyl sites for hydroxylation is 1. The molecule has 1 aromatic heterocycles. The number of aromatic nitrogens is 2. The first-order valence-electron chi connectivity index (χ1n) is 6.65. The second kappa shape index (κ2) is 4.88. The van der Waals surface area contributed by atoms with Crippen LogP contribution in [-0.2, 0) is 6.42 Å². The molecule has 98 valence electrons. The Morgan fingerprint density at radius 2 is 1.95 bits per heavy atom. The molecule has 4 nitrogen and oxygen atoms in total. The van der Waals surface area contributed by atoms with Crippen molar-refractivity contribution in [1.82, 2.24) is 9.97 Å². The fourth-order valence-electron chi connectivity index (χ4n) is 1.91. The van der Waals surface area contributed by atoms with Crippen LogP contribution in [0, 0.1) is 0 Å². The Morgan fingerprint density at radius 1 is 1.21 bits per heavy atom. The summed E-state index contributed by atoms with van der Waals surface area (Å²) in [5.41, 5.74) is 7.70. The Bertz CT molecular complexity index is 576. The maximum Gasteiger partial charge on any atom is 0.131 e. The number of nitrogens with zero attached hydrogens (tertiary/aromatic N) is 2. The summed E-state index contributed by atoms with van der Waals surface area (Å²) in [5.74, 6) is 2.21. The van der Waals surface area contributed by atoms with Crippen molar-refractivity contribution in [2.75, 3.05) is 5.73 Å². The summed E-state index contributed by atoms with van der Waals surface area (Å²) in [6.07, 6.45) is 3.54. The van der Waals surface area contributed by atoms with Gasteiger partial charge < -0.3 is 10.5 Å². The normalized spacial score (nSPS) is 14.4. The Kier molecular flexibility index (Phi) is 3.07. The van der Waals surface area contributed by atoms with Crippen LogP contribution in [-0.4, -0.2) is 16.1 Å². The summed E-state index contributed by atoms with van der Waals surface area (Å²) in [7, 11) is 0. The average molecular weight is 255 g/mol. The average Bonchev–Trinajstić information content (AvgIpc) is 3.23. The molecule has 1 aromatic carbocycles. The van der Waals surface area contributed by atoms with Gasteiger partial charge >= 0.3 is 0 Å². The lowest BCUT2D eigenvalue weighted by atomic mass is 10.1. The SMILES string of the molecule is CCc1nc(N)cc(-c2ccc(OC3CC3)cc2)n1. The molecule has 0 unspecified atom stereocenters. The van der Waals surface area contributed by atoms with Crippen LogP contribution in [0.4, 0.5) is 5.82 Å². The van der Waals surface area contributed by atoms with E-state index in [2.05, 4.69) is 9.97 Å². The summed E-state index contributed by atoms with van der Waals surface area (Å²) in [4.78, 5) is 8.68. The largest absolute Gasteiger partial charge is 0.490 e. The second-order valence-corrected chi connectivity index (χ2v) is 4.79. The van der Waals surface area contributed by atoms with Gasteiger partial charge in [0, 0.05) is 18.1 Å². The Labute approximate surface area is 112 Å². The van der Waals surface area contributed by atoms with Crippen molar-refractivity contribution in [1.29, 1.82) is 0 Å². The highest BCUT2D eigenvalue weighted by atomic mass is 16.5. The van der Waals surface area contributed by atoms with Gasteiger partial charge in [0.05, 0.1) is 11.8 Å². The zero-order chi connectivity index (χ0) is 13.2. The fourth-order valence-corrected chi connectivity index (χ4v) is 1.91. The number of nitrogens with two attached hydrogens (primary N) is 1. The highest BCUT2D eigenvalue weighted by Gasteiger charge is 2.23. The molecule has 3 rings (SSSR count). The lowest BCUT2D eigenvalue weighted by Crippen LogP contribution is -2.00. The van der Waals surface area contributed by atoms with Crippen LogP contribution >= 0.6 is 0 Å². The first-order chi connectivity index (χ1) is 9.24. The molecular formula is C15H17N3O. The van der Waals surface area contributed by atoms with E-state index in [9.17, 15) is 0 Å². The van der Waals surface area contributed by atoms with Crippen molar-refractivity contribution in [3.05, 3.63) is 36.2 Å². The van der Waals surface area contributed by atoms with Crippen LogP contribution in [0.1, 0.15) is 25.6 Å². The molecular weight excluding hydrogens is 238 g/mol. The summed E-state index contributed by atoms with van der Waals surface area (Å²) < 4.78 is 5.73. The summed E-state index contributed by atoms with van der Waals surface area (Å²) in [6.45, 7) is 2.02. The molecule has 0 atom stereocenters. The first kappa shape index (κ1) is 12.0. The van der Waals surface area contributed by atoms with Gasteiger partial charge in [-0.05, 0) is 37.1 Å². The molecule has 1 aliphatic rings. The van der Waals surface area contributed by atoms with Crippen LogP contribution in [0.25, 0.3) is 11.3 Å². The van der Waals surface area contributed by atoms with Gasteiger partial charge in [-0.25, -0.2) is 9.97 Å². The van der Waals surface area contributed by atoms with E-state index in [1.54, 1.807) is 6.07 Å². The van der Waals surface area contributed by atoms with E-state index >= 15 is 0 Å². The Balaban J connectivity index is 1.86. The third-order valence-corrected chi connectivity index (χ3v) is 3.09. The minimum atomic E-state index is 0.423. The smallest absolute Gasteiger partial charge is 0.131 e. The first-order valence-corrected chi connectivity index (χ1v) is 6.65. The predicted molar refractivity (Wildman–Crippen MR) is 74.9 cm³/mol. The van der Waals surface area contributed by atoms with Gasteiger partial charge in [-0.1, -0.05) is 6.92 Å². The van der Waals surface area contributed by atoms with E-state index < -0.39 is 0 Å². The number of benzene rings is 1. The van der Waals surface area contributed by atoms with E-state index in [0.29, 0.717) is 11.9 Å². The summed E-state index contributed by atoms with van der Waals surface area (Å²) in [5, 5.41) is 0. The number of hydrogen-bond donors (Lipinski definition) is 1. The predicted octanol–water partition coefficient (Wildman–Crippen LogP) is 2.83. The van der Waals surface area contributed by atoms with E-state index in [-0.39, 0.29) is 0 Å². The van der Waals surface area contributed by atoms with Gasteiger partial charge in [-0.2, -0.15) is 0 Å². The molecule has 2 aromatic rings. The van der Waals surface area contributed by atoms with E-state index in [1.807, 2.05) is 31.2 Å². The minimum absolute atomic E-state index is 0.423. The zero-order valence-electron chi connectivity index (χ0n) is 11.0. The molecule has 1 fully saturated rings. The van der Waals surface area contributed by atoms with Gasteiger partial charge in [-0.15, -0.1) is 0 Å². The Morgan fingerprint density at radius 3 is 2.58 bits per heavy atom. The molecule has 0 saturated heterocycles. The standard InChI is InChI=1S/C15H17N3O/c1-2-15-17-13(9-14(16)18-15)10-3-5-11(6-4-10)19-12-7-8-12/h3-6,9,12H,2,7-8H2,1H3,(H2,16,17,18). The number of ether oxygens (including phenoxy) is 1. The van der Waals surface area contributed by atoms with Crippen molar-refractivity contribution >= 4 is 5.82 Å². The quantitative estimate of drug-likeness (QED) is 0.912. The van der Waals surface area contributed by atoms with Gasteiger partial charge in [0.2, 0.25) is 0 Å². The third-order valence-electron chi connectivity index (χ3n) is 3.09. The molecule has 19 heavy (non-hydrogen) atoms. The topological polar surface area (TPSA) is 61.0 Å². The van der Waals surface area contributed by atoms with Gasteiger partial charge in [0.1, 0.15) is 17.4 Å². The third kappa shape index (κ3) is 2.84. The van der Waals surface area contributed by atoms with Crippen molar-refractivity contribution < 1.29 is 4.74 Å². The molecule has 1 saturated carbocycles. The van der Waals surface area contributed by atoms with E-state index in [0.717, 1.165) is 29.3 Å². The number of rotatable bonds is 4. The zero-order valence-corrected chi connectivity index (χ0v) is 11.0. The molecule has 2 N–H and O–H groups in total. The van der Waals surface area contributed by atoms with Crippen molar-refractivity contribution in [2.24, 2.45) is 0 Å². The van der Waals surface area contributed by atoms with E-state index in [1.165, 1.54) is 12.8 Å². The van der Waals surface area contributed by atoms with Gasteiger partial charge in [0.15, 0.2) is 0 Å². The summed E-state index contributed by atoms with van der Waals surface area (Å²) in [6, 6.07) is 9.79. The molecule has 0 aliphatic heterocycles. The van der Waals surface area contributed by atoms with E-state index in [4.69, 9.17) is 10.5 Å². The highest BCUT2D eigenvalue weighted by Crippen LogP contribution is 2.28. The van der Waals surface area contributed by atoms with Crippen LogP contribution in [0.5, 0.6) is 5.75 Å². The molecule has 1 heterocycles. The monoisotopic (exact) mass is 255 g/mol. The molecule has 0 bridgehead atoms. The molecule has 4 heteroatoms.